The summed E-state index contributed by atoms with van der Waals surface area (Å²) in [5.74, 6) is 0.211. The highest BCUT2D eigenvalue weighted by atomic mass is 32.1. The molecule has 5 saturated carbocycles. The number of amides is 1. The topological polar surface area (TPSA) is 104 Å². The van der Waals surface area contributed by atoms with Crippen molar-refractivity contribution < 1.29 is 29.3 Å². The summed E-state index contributed by atoms with van der Waals surface area (Å²) in [5, 5.41) is 26.5. The van der Waals surface area contributed by atoms with Crippen LogP contribution in [0.1, 0.15) is 129 Å². The molecule has 1 unspecified atom stereocenters. The average Bonchev–Trinajstić information content (AvgIpc) is 3.84. The Morgan fingerprint density at radius 1 is 0.906 bits per heavy atom. The van der Waals surface area contributed by atoms with Gasteiger partial charge in [0.15, 0.2) is 11.4 Å². The predicted molar refractivity (Wildman–Crippen MR) is 205 cm³/mol. The quantitative estimate of drug-likeness (QED) is 0.207. The smallest absolute Gasteiger partial charge is 0.313 e. The minimum absolute atomic E-state index is 0.0405. The molecule has 10 atom stereocenters. The van der Waals surface area contributed by atoms with Crippen LogP contribution in [-0.4, -0.2) is 63.2 Å². The van der Waals surface area contributed by atoms with Crippen molar-refractivity contribution in [2.24, 2.45) is 50.2 Å². The Morgan fingerprint density at radius 2 is 1.62 bits per heavy atom. The summed E-state index contributed by atoms with van der Waals surface area (Å²) in [6.07, 6.45) is 19.3. The van der Waals surface area contributed by atoms with E-state index in [0.717, 1.165) is 63.4 Å². The number of rotatable bonds is 8. The molecule has 8 heteroatoms. The number of Topliss-reactive ketones (excluding diaryl/α,β-unsaturated/α-hetero) is 1. The highest BCUT2D eigenvalue weighted by Crippen LogP contribution is 2.78. The van der Waals surface area contributed by atoms with Crippen LogP contribution in [0.5, 0.6) is 0 Å². The minimum atomic E-state index is -1.25. The number of nitrogens with zero attached hydrogens (tertiary/aromatic N) is 1. The highest BCUT2D eigenvalue weighted by Gasteiger charge is 2.78. The van der Waals surface area contributed by atoms with Gasteiger partial charge in [0.2, 0.25) is 0 Å². The zero-order valence-corrected chi connectivity index (χ0v) is 33.5. The summed E-state index contributed by atoms with van der Waals surface area (Å²) in [7, 11) is 0. The second kappa shape index (κ2) is 11.6. The van der Waals surface area contributed by atoms with E-state index in [4.69, 9.17) is 4.74 Å². The maximum Gasteiger partial charge on any atom is 0.313 e. The molecule has 6 fully saturated rings. The monoisotopic (exact) mass is 743 g/mol. The van der Waals surface area contributed by atoms with Crippen molar-refractivity contribution in [3.63, 3.8) is 0 Å². The summed E-state index contributed by atoms with van der Waals surface area (Å²) in [4.78, 5) is 46.5. The first-order valence-electron chi connectivity index (χ1n) is 21.0. The lowest BCUT2D eigenvalue weighted by atomic mass is 9.32. The van der Waals surface area contributed by atoms with Crippen molar-refractivity contribution in [3.05, 3.63) is 46.2 Å². The van der Waals surface area contributed by atoms with Gasteiger partial charge in [-0.05, 0) is 113 Å². The number of ether oxygens (including phenoxy) is 1. The zero-order valence-electron chi connectivity index (χ0n) is 32.7. The van der Waals surface area contributed by atoms with Crippen molar-refractivity contribution in [3.8, 4) is 0 Å². The molecule has 0 radical (unpaired) electrons. The molecular weight excluding hydrogens is 683 g/mol. The van der Waals surface area contributed by atoms with E-state index in [9.17, 15) is 19.8 Å². The Hall–Kier alpha value is -2.29. The van der Waals surface area contributed by atoms with Crippen LogP contribution < -0.4 is 0 Å². The molecule has 2 N–H and O–H groups in total. The van der Waals surface area contributed by atoms with Crippen LogP contribution in [-0.2, 0) is 25.5 Å². The van der Waals surface area contributed by atoms with Gasteiger partial charge in [-0.1, -0.05) is 71.3 Å². The zero-order chi connectivity index (χ0) is 37.5. The maximum atomic E-state index is 15.1. The number of carbonyl (C=O) groups is 3. The number of aliphatic hydroxyl groups excluding tert-OH is 1. The number of fused-ring (bicyclic) bond motifs is 3. The standard InChI is InChI=1S/C45H61NO6S/c1-38(2)41(5)20-23-45(38,52-37(41)50)36(49)46(24-16-31-12-9-25-53-31)28-43(51)19-15-34-40(43,4)18-14-33-39(3)17-13-30(47)26-42(39)21-22-44(33,34)32(27-42)35(48)29-10-7-6-8-11-29/h9,12,21-22,25,27,29-30,33-34,47,51H,6-8,10-11,13-20,23-24,26,28H2,1-5H3/t30?,33-,34-,39-,40+,41+,42+,43-,44-,45-/m1/s1. The van der Waals surface area contributed by atoms with Crippen LogP contribution in [0.2, 0.25) is 0 Å². The van der Waals surface area contributed by atoms with Crippen LogP contribution in [0.3, 0.4) is 0 Å². The highest BCUT2D eigenvalue weighted by molar-refractivity contribution is 7.09. The van der Waals surface area contributed by atoms with Crippen LogP contribution in [0, 0.1) is 50.2 Å². The van der Waals surface area contributed by atoms with Crippen LogP contribution in [0.25, 0.3) is 0 Å². The van der Waals surface area contributed by atoms with Gasteiger partial charge in [-0.2, -0.15) is 0 Å². The van der Waals surface area contributed by atoms with Crippen LogP contribution >= 0.6 is 11.3 Å². The lowest BCUT2D eigenvalue weighted by molar-refractivity contribution is -0.188. The lowest BCUT2D eigenvalue weighted by Gasteiger charge is -2.71. The number of carbonyl (C=O) groups excluding carboxylic acids is 3. The van der Waals surface area contributed by atoms with E-state index in [1.165, 1.54) is 11.3 Å². The molecule has 1 aromatic rings. The van der Waals surface area contributed by atoms with Crippen molar-refractivity contribution in [2.45, 2.75) is 148 Å². The molecular formula is C45H61NO6S. The van der Waals surface area contributed by atoms with E-state index in [0.29, 0.717) is 44.4 Å². The average molecular weight is 744 g/mol. The normalized spacial score (nSPS) is 46.4. The van der Waals surface area contributed by atoms with Crippen molar-refractivity contribution in [2.75, 3.05) is 13.1 Å². The summed E-state index contributed by atoms with van der Waals surface area (Å²) in [6, 6.07) is 4.13. The largest absolute Gasteiger partial charge is 0.448 e. The molecule has 7 nitrogen and oxygen atoms in total. The number of esters is 1. The van der Waals surface area contributed by atoms with Crippen molar-refractivity contribution in [1.82, 2.24) is 4.90 Å². The summed E-state index contributed by atoms with van der Waals surface area (Å²) < 4.78 is 6.17. The fraction of sp³-hybridized carbons (Fsp3) is 0.756. The molecule has 4 bridgehead atoms. The molecule has 2 spiro atoms. The third-order valence-corrected chi connectivity index (χ3v) is 19.3. The number of thiophene rings is 1. The van der Waals surface area contributed by atoms with Gasteiger partial charge in [0.05, 0.1) is 23.7 Å². The Balaban J connectivity index is 1.10. The number of aliphatic hydroxyl groups is 2. The molecule has 0 aromatic carbocycles. The Kier molecular flexibility index (Phi) is 7.98. The maximum absolute atomic E-state index is 15.1. The van der Waals surface area contributed by atoms with Gasteiger partial charge in [0.25, 0.3) is 5.91 Å². The van der Waals surface area contributed by atoms with Gasteiger partial charge in [0, 0.05) is 44.6 Å². The van der Waals surface area contributed by atoms with E-state index in [1.807, 2.05) is 31.7 Å². The van der Waals surface area contributed by atoms with Gasteiger partial charge < -0.3 is 19.8 Å². The molecule has 8 aliphatic carbocycles. The van der Waals surface area contributed by atoms with E-state index >= 15 is 4.79 Å². The van der Waals surface area contributed by atoms with E-state index in [2.05, 4.69) is 43.5 Å². The number of ketones is 1. The second-order valence-electron chi connectivity index (χ2n) is 20.2. The SMILES string of the molecule is CC1(C)[C@@]2(C)CC[C@]1(C(=O)N(CCc1cccs1)C[C@]1(O)CC[C@H]3[C@]45C=C[C@@]6(C=C4C(=O)C4CCCCC4)CC(O)CC[C@]6(C)[C@H]5CC[C@@]31C)OC2=O. The fourth-order valence-electron chi connectivity index (χ4n) is 14.4. The van der Waals surface area contributed by atoms with E-state index in [-0.39, 0.29) is 53.1 Å². The van der Waals surface area contributed by atoms with Gasteiger partial charge in [0.1, 0.15) is 0 Å². The third-order valence-electron chi connectivity index (χ3n) is 18.3. The summed E-state index contributed by atoms with van der Waals surface area (Å²) in [6.45, 7) is 11.3. The third kappa shape index (κ3) is 4.44. The Labute approximate surface area is 320 Å². The van der Waals surface area contributed by atoms with E-state index < -0.39 is 32.9 Å². The van der Waals surface area contributed by atoms with E-state index in [1.54, 1.807) is 11.3 Å². The summed E-state index contributed by atoms with van der Waals surface area (Å²) >= 11 is 1.68. The van der Waals surface area contributed by atoms with Gasteiger partial charge >= 0.3 is 5.97 Å². The number of allylic oxidation sites excluding steroid dienone is 4. The van der Waals surface area contributed by atoms with Crippen molar-refractivity contribution >= 4 is 29.0 Å². The molecule has 10 rings (SSSR count). The molecule has 288 valence electrons. The fourth-order valence-corrected chi connectivity index (χ4v) is 15.1. The number of hydrogen-bond acceptors (Lipinski definition) is 7. The molecule has 2 heterocycles. The first-order valence-corrected chi connectivity index (χ1v) is 21.8. The van der Waals surface area contributed by atoms with Crippen molar-refractivity contribution in [1.29, 1.82) is 0 Å². The van der Waals surface area contributed by atoms with Gasteiger partial charge in [-0.15, -0.1) is 11.3 Å². The van der Waals surface area contributed by atoms with Gasteiger partial charge in [-0.3, -0.25) is 14.4 Å². The molecule has 1 aromatic heterocycles. The second-order valence-corrected chi connectivity index (χ2v) is 21.3. The molecule has 1 amide bonds. The Bertz CT molecular complexity index is 1780. The molecule has 53 heavy (non-hydrogen) atoms. The van der Waals surface area contributed by atoms with Crippen LogP contribution in [0.4, 0.5) is 0 Å². The van der Waals surface area contributed by atoms with Crippen LogP contribution in [0.15, 0.2) is 41.3 Å². The lowest BCUT2D eigenvalue weighted by Crippen LogP contribution is -2.68. The molecule has 9 aliphatic rings. The number of hydrogen-bond donors (Lipinski definition) is 2. The predicted octanol–water partition coefficient (Wildman–Crippen LogP) is 7.98. The molecule has 1 aliphatic heterocycles. The summed E-state index contributed by atoms with van der Waals surface area (Å²) in [5.41, 5.74) is -4.28. The Morgan fingerprint density at radius 3 is 2.30 bits per heavy atom. The first-order chi connectivity index (χ1) is 25.0. The van der Waals surface area contributed by atoms with Gasteiger partial charge in [-0.25, -0.2) is 0 Å². The molecule has 1 saturated heterocycles. The first kappa shape index (κ1) is 36.4. The minimum Gasteiger partial charge on any atom is -0.448 e.